The van der Waals surface area contributed by atoms with Crippen LogP contribution in [0.2, 0.25) is 0 Å². The first-order valence-corrected chi connectivity index (χ1v) is 7.63. The van der Waals surface area contributed by atoms with E-state index in [0.717, 1.165) is 24.1 Å². The lowest BCUT2D eigenvalue weighted by Gasteiger charge is -2.10. The molecule has 2 aromatic rings. The Morgan fingerprint density at radius 2 is 2.27 bits per heavy atom. The Labute approximate surface area is 129 Å². The molecule has 0 saturated heterocycles. The number of carboxylic acid groups (broad SMARTS) is 1. The second-order valence-electron chi connectivity index (χ2n) is 6.06. The molecule has 5 nitrogen and oxygen atoms in total. The number of rotatable bonds is 6. The number of hydrogen-bond donors (Lipinski definition) is 2. The highest BCUT2D eigenvalue weighted by Crippen LogP contribution is 2.56. The lowest BCUT2D eigenvalue weighted by atomic mass is 9.98. The highest BCUT2D eigenvalue weighted by atomic mass is 16.4. The van der Waals surface area contributed by atoms with E-state index in [1.54, 1.807) is 6.33 Å². The summed E-state index contributed by atoms with van der Waals surface area (Å²) in [5.74, 6) is -0.627. The molecule has 1 fully saturated rings. The summed E-state index contributed by atoms with van der Waals surface area (Å²) < 4.78 is 1.91. The Balaban J connectivity index is 1.90. The molecule has 0 unspecified atom stereocenters. The molecule has 0 amide bonds. The van der Waals surface area contributed by atoms with Crippen molar-refractivity contribution in [3.8, 4) is 5.69 Å². The first kappa shape index (κ1) is 14.8. The van der Waals surface area contributed by atoms with Gasteiger partial charge in [0.1, 0.15) is 5.41 Å². The van der Waals surface area contributed by atoms with Gasteiger partial charge >= 0.3 is 5.97 Å². The average Bonchev–Trinajstić information content (AvgIpc) is 3.04. The van der Waals surface area contributed by atoms with Crippen LogP contribution in [-0.2, 0) is 10.2 Å². The SMILES string of the molecule is Cc1ccccc1-n1cnc([C@@]2(C(=O)O)C[C@@H]2CCCN)c1. The van der Waals surface area contributed by atoms with E-state index in [4.69, 9.17) is 5.73 Å². The number of carboxylic acids is 1. The van der Waals surface area contributed by atoms with Crippen molar-refractivity contribution in [2.75, 3.05) is 6.54 Å². The smallest absolute Gasteiger partial charge is 0.316 e. The fourth-order valence-corrected chi connectivity index (χ4v) is 3.27. The van der Waals surface area contributed by atoms with Gasteiger partial charge in [-0.05, 0) is 50.3 Å². The van der Waals surface area contributed by atoms with E-state index in [0.29, 0.717) is 18.7 Å². The van der Waals surface area contributed by atoms with Crippen LogP contribution in [0, 0.1) is 12.8 Å². The Morgan fingerprint density at radius 3 is 2.95 bits per heavy atom. The molecule has 0 radical (unpaired) electrons. The molecule has 0 spiro atoms. The topological polar surface area (TPSA) is 81.1 Å². The van der Waals surface area contributed by atoms with E-state index in [-0.39, 0.29) is 5.92 Å². The molecule has 1 aliphatic carbocycles. The van der Waals surface area contributed by atoms with Crippen LogP contribution in [0.25, 0.3) is 5.69 Å². The molecule has 1 aliphatic rings. The second kappa shape index (κ2) is 5.57. The van der Waals surface area contributed by atoms with Crippen LogP contribution in [0.4, 0.5) is 0 Å². The fourth-order valence-electron chi connectivity index (χ4n) is 3.27. The molecule has 0 aliphatic heterocycles. The van der Waals surface area contributed by atoms with Crippen molar-refractivity contribution >= 4 is 5.97 Å². The van der Waals surface area contributed by atoms with E-state index in [2.05, 4.69) is 4.98 Å². The highest BCUT2D eigenvalue weighted by molar-refractivity contribution is 5.85. The summed E-state index contributed by atoms with van der Waals surface area (Å²) in [6.45, 7) is 2.63. The number of aromatic nitrogens is 2. The van der Waals surface area contributed by atoms with Crippen LogP contribution in [0.15, 0.2) is 36.8 Å². The zero-order valence-corrected chi connectivity index (χ0v) is 12.7. The van der Waals surface area contributed by atoms with Gasteiger partial charge in [-0.25, -0.2) is 4.98 Å². The maximum absolute atomic E-state index is 11.8. The van der Waals surface area contributed by atoms with Gasteiger partial charge in [-0.2, -0.15) is 0 Å². The van der Waals surface area contributed by atoms with Gasteiger partial charge in [0.15, 0.2) is 0 Å². The molecule has 2 atom stereocenters. The molecule has 1 saturated carbocycles. The summed E-state index contributed by atoms with van der Waals surface area (Å²) in [7, 11) is 0. The standard InChI is InChI=1S/C17H21N3O2/c1-12-5-2-3-7-14(12)20-10-15(19-11-20)17(16(21)22)9-13(17)6-4-8-18/h2-3,5,7,10-11,13H,4,6,8-9,18H2,1H3,(H,21,22)/t13-,17+/m0/s1. The third-order valence-electron chi connectivity index (χ3n) is 4.68. The van der Waals surface area contributed by atoms with Crippen LogP contribution >= 0.6 is 0 Å². The Morgan fingerprint density at radius 1 is 1.50 bits per heavy atom. The predicted molar refractivity (Wildman–Crippen MR) is 84.0 cm³/mol. The van der Waals surface area contributed by atoms with E-state index < -0.39 is 11.4 Å². The highest BCUT2D eigenvalue weighted by Gasteiger charge is 2.62. The van der Waals surface area contributed by atoms with Gasteiger partial charge in [0.2, 0.25) is 0 Å². The molecule has 1 aromatic heterocycles. The molecule has 116 valence electrons. The third kappa shape index (κ3) is 2.31. The molecule has 22 heavy (non-hydrogen) atoms. The van der Waals surface area contributed by atoms with Crippen molar-refractivity contribution in [2.45, 2.75) is 31.6 Å². The van der Waals surface area contributed by atoms with Gasteiger partial charge in [-0.15, -0.1) is 0 Å². The van der Waals surface area contributed by atoms with Gasteiger partial charge in [0.25, 0.3) is 0 Å². The molecule has 3 N–H and O–H groups in total. The average molecular weight is 299 g/mol. The van der Waals surface area contributed by atoms with Gasteiger partial charge in [0, 0.05) is 11.9 Å². The van der Waals surface area contributed by atoms with Crippen LogP contribution in [0.3, 0.4) is 0 Å². The number of para-hydroxylation sites is 1. The molecule has 1 heterocycles. The zero-order chi connectivity index (χ0) is 15.7. The summed E-state index contributed by atoms with van der Waals surface area (Å²) in [6, 6.07) is 7.99. The minimum Gasteiger partial charge on any atom is -0.481 e. The Bertz CT molecular complexity index is 695. The number of aliphatic carboxylic acids is 1. The molecule has 5 heteroatoms. The van der Waals surface area contributed by atoms with Crippen molar-refractivity contribution in [3.05, 3.63) is 48.0 Å². The van der Waals surface area contributed by atoms with Crippen LogP contribution in [0.1, 0.15) is 30.5 Å². The Hall–Kier alpha value is -2.14. The fraction of sp³-hybridized carbons (Fsp3) is 0.412. The number of nitrogens with zero attached hydrogens (tertiary/aromatic N) is 2. The normalized spacial score (nSPS) is 23.5. The van der Waals surface area contributed by atoms with Crippen molar-refractivity contribution in [2.24, 2.45) is 11.7 Å². The second-order valence-corrected chi connectivity index (χ2v) is 6.06. The number of aryl methyl sites for hydroxylation is 1. The lowest BCUT2D eigenvalue weighted by molar-refractivity contribution is -0.140. The van der Waals surface area contributed by atoms with Crippen molar-refractivity contribution in [1.29, 1.82) is 0 Å². The lowest BCUT2D eigenvalue weighted by Crippen LogP contribution is -2.23. The van der Waals surface area contributed by atoms with E-state index >= 15 is 0 Å². The largest absolute Gasteiger partial charge is 0.481 e. The van der Waals surface area contributed by atoms with Crippen LogP contribution < -0.4 is 5.73 Å². The van der Waals surface area contributed by atoms with E-state index in [1.807, 2.05) is 42.0 Å². The summed E-state index contributed by atoms with van der Waals surface area (Å²) in [6.07, 6.45) is 5.94. The molecular weight excluding hydrogens is 278 g/mol. The predicted octanol–water partition coefficient (Wildman–Crippen LogP) is 2.26. The zero-order valence-electron chi connectivity index (χ0n) is 12.7. The molecule has 0 bridgehead atoms. The van der Waals surface area contributed by atoms with Crippen LogP contribution in [0.5, 0.6) is 0 Å². The van der Waals surface area contributed by atoms with Gasteiger partial charge in [-0.1, -0.05) is 18.2 Å². The molecule has 1 aromatic carbocycles. The van der Waals surface area contributed by atoms with Gasteiger partial charge in [-0.3, -0.25) is 4.79 Å². The van der Waals surface area contributed by atoms with Gasteiger partial charge < -0.3 is 15.4 Å². The monoisotopic (exact) mass is 299 g/mol. The number of benzene rings is 1. The summed E-state index contributed by atoms with van der Waals surface area (Å²) in [4.78, 5) is 16.2. The summed E-state index contributed by atoms with van der Waals surface area (Å²) in [5, 5.41) is 9.68. The number of imidazole rings is 1. The molecular formula is C17H21N3O2. The quantitative estimate of drug-likeness (QED) is 0.857. The summed E-state index contributed by atoms with van der Waals surface area (Å²) >= 11 is 0. The number of carbonyl (C=O) groups is 1. The number of hydrogen-bond acceptors (Lipinski definition) is 3. The van der Waals surface area contributed by atoms with E-state index in [9.17, 15) is 9.90 Å². The maximum atomic E-state index is 11.8. The number of nitrogens with two attached hydrogens (primary N) is 1. The van der Waals surface area contributed by atoms with Crippen molar-refractivity contribution in [1.82, 2.24) is 9.55 Å². The summed E-state index contributed by atoms with van der Waals surface area (Å²) in [5.41, 5.74) is 7.54. The van der Waals surface area contributed by atoms with Gasteiger partial charge in [0.05, 0.1) is 12.0 Å². The van der Waals surface area contributed by atoms with Crippen LogP contribution in [-0.4, -0.2) is 27.2 Å². The first-order valence-electron chi connectivity index (χ1n) is 7.63. The third-order valence-corrected chi connectivity index (χ3v) is 4.68. The Kier molecular flexibility index (Phi) is 3.74. The minimum absolute atomic E-state index is 0.147. The van der Waals surface area contributed by atoms with Crippen molar-refractivity contribution in [3.63, 3.8) is 0 Å². The maximum Gasteiger partial charge on any atom is 0.316 e. The first-order chi connectivity index (χ1) is 10.6. The van der Waals surface area contributed by atoms with E-state index in [1.165, 1.54) is 0 Å². The van der Waals surface area contributed by atoms with Crippen molar-refractivity contribution < 1.29 is 9.90 Å². The minimum atomic E-state index is -0.816. The molecule has 3 rings (SSSR count).